The zero-order valence-electron chi connectivity index (χ0n) is 38.7. The first-order chi connectivity index (χ1) is 32.0. The van der Waals surface area contributed by atoms with E-state index in [1.807, 2.05) is 0 Å². The Kier molecular flexibility index (Phi) is 10.0. The Morgan fingerprint density at radius 2 is 0.848 bits per heavy atom. The van der Waals surface area contributed by atoms with E-state index in [1.54, 1.807) is 0 Å². The molecule has 11 aromatic rings. The van der Waals surface area contributed by atoms with Crippen LogP contribution in [-0.4, -0.2) is 4.57 Å². The second-order valence-electron chi connectivity index (χ2n) is 19.9. The monoisotopic (exact) mass is 850 g/mol. The summed E-state index contributed by atoms with van der Waals surface area (Å²) in [5.41, 5.74) is 16.7. The lowest BCUT2D eigenvalue weighted by Gasteiger charge is -2.27. The van der Waals surface area contributed by atoms with E-state index in [-0.39, 0.29) is 10.8 Å². The number of para-hydroxylation sites is 1. The number of hydrogen-bond acceptors (Lipinski definition) is 1. The molecule has 0 aliphatic carbocycles. The highest BCUT2D eigenvalue weighted by Crippen LogP contribution is 2.45. The smallest absolute Gasteiger partial charge is 0.0550 e. The fourth-order valence-electron chi connectivity index (χ4n) is 9.92. The maximum absolute atomic E-state index is 2.49. The van der Waals surface area contributed by atoms with Gasteiger partial charge in [-0.25, -0.2) is 0 Å². The van der Waals surface area contributed by atoms with Crippen molar-refractivity contribution in [1.82, 2.24) is 4.57 Å². The molecule has 66 heavy (non-hydrogen) atoms. The molecular weight excluding hydrogens is 797 g/mol. The van der Waals surface area contributed by atoms with Crippen LogP contribution in [0.2, 0.25) is 0 Å². The van der Waals surface area contributed by atoms with Crippen molar-refractivity contribution in [3.8, 4) is 39.1 Å². The Labute approximate surface area is 389 Å². The van der Waals surface area contributed by atoms with Crippen LogP contribution in [0.1, 0.15) is 52.7 Å². The quantitative estimate of drug-likeness (QED) is 0.155. The van der Waals surface area contributed by atoms with Crippen LogP contribution in [0, 0.1) is 0 Å². The van der Waals surface area contributed by atoms with Crippen LogP contribution in [0.3, 0.4) is 0 Å². The molecule has 2 heteroatoms. The molecule has 1 aromatic heterocycles. The van der Waals surface area contributed by atoms with Crippen molar-refractivity contribution in [2.45, 2.75) is 52.4 Å². The van der Waals surface area contributed by atoms with Crippen LogP contribution < -0.4 is 4.90 Å². The fourth-order valence-corrected chi connectivity index (χ4v) is 9.92. The maximum atomic E-state index is 2.49. The third kappa shape index (κ3) is 7.33. The third-order valence-electron chi connectivity index (χ3n) is 13.5. The summed E-state index contributed by atoms with van der Waals surface area (Å²) in [6.45, 7) is 13.9. The fraction of sp³-hybridized carbons (Fsp3) is 0.125. The van der Waals surface area contributed by atoms with Gasteiger partial charge in [0.2, 0.25) is 0 Å². The molecule has 2 nitrogen and oxygen atoms in total. The van der Waals surface area contributed by atoms with Crippen molar-refractivity contribution in [3.63, 3.8) is 0 Å². The van der Waals surface area contributed by atoms with Gasteiger partial charge in [-0.1, -0.05) is 193 Å². The Morgan fingerprint density at radius 3 is 1.42 bits per heavy atom. The average molecular weight is 851 g/mol. The van der Waals surface area contributed by atoms with E-state index in [1.165, 1.54) is 93.5 Å². The minimum atomic E-state index is -0.0845. The summed E-state index contributed by atoms with van der Waals surface area (Å²) in [4.78, 5) is 2.41. The van der Waals surface area contributed by atoms with Gasteiger partial charge in [-0.15, -0.1) is 0 Å². The summed E-state index contributed by atoms with van der Waals surface area (Å²) < 4.78 is 2.49. The molecule has 0 radical (unpaired) electrons. The molecule has 0 fully saturated rings. The summed E-state index contributed by atoms with van der Waals surface area (Å²) >= 11 is 0. The molecule has 1 heterocycles. The first-order valence-electron chi connectivity index (χ1n) is 23.3. The lowest BCUT2D eigenvalue weighted by atomic mass is 9.83. The predicted octanol–water partition coefficient (Wildman–Crippen LogP) is 18.2. The van der Waals surface area contributed by atoms with Gasteiger partial charge in [0, 0.05) is 33.5 Å². The second-order valence-corrected chi connectivity index (χ2v) is 19.9. The van der Waals surface area contributed by atoms with Crippen molar-refractivity contribution in [3.05, 3.63) is 230 Å². The van der Waals surface area contributed by atoms with Gasteiger partial charge in [0.1, 0.15) is 0 Å². The molecule has 0 N–H and O–H groups in total. The molecule has 0 saturated heterocycles. The summed E-state index contributed by atoms with van der Waals surface area (Å²) in [6.07, 6.45) is 0. The molecule has 10 aromatic carbocycles. The number of benzene rings is 10. The third-order valence-corrected chi connectivity index (χ3v) is 13.5. The highest BCUT2D eigenvalue weighted by molar-refractivity contribution is 6.16. The van der Waals surface area contributed by atoms with Gasteiger partial charge in [-0.2, -0.15) is 0 Å². The Morgan fingerprint density at radius 1 is 0.333 bits per heavy atom. The van der Waals surface area contributed by atoms with E-state index >= 15 is 0 Å². The minimum absolute atomic E-state index is 0.00350. The molecule has 320 valence electrons. The van der Waals surface area contributed by atoms with Crippen molar-refractivity contribution in [2.75, 3.05) is 4.90 Å². The summed E-state index contributed by atoms with van der Waals surface area (Å²) in [7, 11) is 0. The van der Waals surface area contributed by atoms with E-state index in [0.717, 1.165) is 17.1 Å². The molecule has 0 amide bonds. The molecule has 0 aliphatic heterocycles. The first kappa shape index (κ1) is 41.1. The van der Waals surface area contributed by atoms with E-state index < -0.39 is 0 Å². The van der Waals surface area contributed by atoms with Gasteiger partial charge >= 0.3 is 0 Å². The molecule has 0 atom stereocenters. The van der Waals surface area contributed by atoms with Gasteiger partial charge in [0.05, 0.1) is 11.0 Å². The van der Waals surface area contributed by atoms with Crippen LogP contribution in [0.4, 0.5) is 17.1 Å². The van der Waals surface area contributed by atoms with Crippen molar-refractivity contribution >= 4 is 60.4 Å². The van der Waals surface area contributed by atoms with Gasteiger partial charge in [0.25, 0.3) is 0 Å². The van der Waals surface area contributed by atoms with Gasteiger partial charge in [-0.05, 0) is 144 Å². The van der Waals surface area contributed by atoms with Crippen LogP contribution in [-0.2, 0) is 10.8 Å². The van der Waals surface area contributed by atoms with Gasteiger partial charge in [0.15, 0.2) is 0 Å². The first-order valence-corrected chi connectivity index (χ1v) is 23.3. The number of fused-ring (bicyclic) bond motifs is 5. The van der Waals surface area contributed by atoms with Gasteiger partial charge in [-0.3, -0.25) is 0 Å². The Hall–Kier alpha value is -7.68. The van der Waals surface area contributed by atoms with E-state index in [0.29, 0.717) is 0 Å². The highest BCUT2D eigenvalue weighted by Gasteiger charge is 2.25. The van der Waals surface area contributed by atoms with Crippen LogP contribution >= 0.6 is 0 Å². The molecule has 11 rings (SSSR count). The number of aromatic nitrogens is 1. The molecule has 0 aliphatic rings. The summed E-state index contributed by atoms with van der Waals surface area (Å²) in [6, 6.07) is 80.8. The Balaban J connectivity index is 1.11. The molecule has 0 saturated carbocycles. The number of hydrogen-bond donors (Lipinski definition) is 0. The minimum Gasteiger partial charge on any atom is -0.310 e. The Bertz CT molecular complexity index is 3450. The number of rotatable bonds is 7. The summed E-state index contributed by atoms with van der Waals surface area (Å²) in [5, 5.41) is 7.53. The van der Waals surface area contributed by atoms with E-state index in [2.05, 4.69) is 269 Å². The predicted molar refractivity (Wildman–Crippen MR) is 284 cm³/mol. The number of anilines is 3. The topological polar surface area (TPSA) is 8.17 Å². The molecule has 0 unspecified atom stereocenters. The van der Waals surface area contributed by atoms with Crippen molar-refractivity contribution in [2.24, 2.45) is 0 Å². The molecule has 0 bridgehead atoms. The zero-order chi connectivity index (χ0) is 45.2. The lowest BCUT2D eigenvalue weighted by molar-refractivity contribution is 0.591. The van der Waals surface area contributed by atoms with Crippen molar-refractivity contribution < 1.29 is 0 Å². The zero-order valence-corrected chi connectivity index (χ0v) is 38.7. The van der Waals surface area contributed by atoms with Crippen LogP contribution in [0.25, 0.3) is 82.4 Å². The average Bonchev–Trinajstić information content (AvgIpc) is 3.68. The molecule has 0 spiro atoms. The second kappa shape index (κ2) is 16.1. The lowest BCUT2D eigenvalue weighted by Crippen LogP contribution is -2.12. The van der Waals surface area contributed by atoms with Crippen LogP contribution in [0.5, 0.6) is 0 Å². The summed E-state index contributed by atoms with van der Waals surface area (Å²) in [5.74, 6) is 0. The molecular formula is C64H54N2. The van der Waals surface area contributed by atoms with E-state index in [4.69, 9.17) is 0 Å². The normalized spacial score (nSPS) is 12.1. The van der Waals surface area contributed by atoms with Crippen molar-refractivity contribution in [1.29, 1.82) is 0 Å². The standard InChI is InChI=1S/C64H54N2/c1-63(2,3)48-33-38-58-60(41-48)66(50-22-8-7-9-23-50)61-42-49(64(4,5)6)40-59(62(58)61)47-21-14-24-53(39-47)65(51-34-29-45(30-35-51)56-27-15-19-43-17-10-12-25-54(43)56)52-36-31-46(32-37-52)57-28-16-20-44-18-11-13-26-55(44)57/h7-42H,1-6H3. The van der Waals surface area contributed by atoms with Crippen LogP contribution in [0.15, 0.2) is 218 Å². The highest BCUT2D eigenvalue weighted by atomic mass is 15.1. The SMILES string of the molecule is CC(C)(C)c1ccc2c3c(-c4cccc(N(c5ccc(-c6cccc7ccccc67)cc5)c5ccc(-c6cccc7ccccc67)cc5)c4)cc(C(C)(C)C)cc3n(-c3ccccc3)c2c1. The maximum Gasteiger partial charge on any atom is 0.0550 e. The van der Waals surface area contributed by atoms with E-state index in [9.17, 15) is 0 Å². The van der Waals surface area contributed by atoms with Gasteiger partial charge < -0.3 is 9.47 Å². The largest absolute Gasteiger partial charge is 0.310 e. The number of nitrogens with zero attached hydrogens (tertiary/aromatic N) is 2.